The van der Waals surface area contributed by atoms with Crippen molar-refractivity contribution in [3.8, 4) is 0 Å². The minimum Gasteiger partial charge on any atom is -0.481 e. The van der Waals surface area contributed by atoms with Gasteiger partial charge >= 0.3 is 5.97 Å². The van der Waals surface area contributed by atoms with Crippen molar-refractivity contribution in [1.29, 1.82) is 0 Å². The van der Waals surface area contributed by atoms with E-state index >= 15 is 0 Å². The van der Waals surface area contributed by atoms with Crippen molar-refractivity contribution in [2.24, 2.45) is 5.92 Å². The second kappa shape index (κ2) is 4.26. The molecule has 1 N–H and O–H groups in total. The molecule has 0 aliphatic rings. The van der Waals surface area contributed by atoms with Crippen LogP contribution in [0, 0.1) is 5.92 Å². The summed E-state index contributed by atoms with van der Waals surface area (Å²) in [7, 11) is 0. The minimum atomic E-state index is -0.762. The number of carbonyl (C=O) groups is 1. The highest BCUT2D eigenvalue weighted by Crippen LogP contribution is 2.10. The molecule has 1 unspecified atom stereocenters. The fourth-order valence-corrected chi connectivity index (χ4v) is 1.21. The van der Waals surface area contributed by atoms with Gasteiger partial charge in [-0.15, -0.1) is 0 Å². The molecule has 0 aliphatic heterocycles. The average Bonchev–Trinajstić information content (AvgIpc) is 2.52. The van der Waals surface area contributed by atoms with Gasteiger partial charge in [-0.05, 0) is 25.8 Å². The van der Waals surface area contributed by atoms with Crippen molar-refractivity contribution in [2.45, 2.75) is 33.2 Å². The van der Waals surface area contributed by atoms with Gasteiger partial charge in [-0.25, -0.2) is 0 Å². The molecule has 14 heavy (non-hydrogen) atoms. The number of carboxylic acids is 1. The summed E-state index contributed by atoms with van der Waals surface area (Å²) in [6, 6.07) is 0.323. The molecule has 0 saturated carbocycles. The summed E-state index contributed by atoms with van der Waals surface area (Å²) in [6.45, 7) is 5.78. The van der Waals surface area contributed by atoms with Crippen molar-refractivity contribution >= 4 is 5.97 Å². The van der Waals surface area contributed by atoms with E-state index in [1.54, 1.807) is 13.1 Å². The Morgan fingerprint density at radius 1 is 1.57 bits per heavy atom. The Bertz CT molecular complexity index is 318. The van der Waals surface area contributed by atoms with Gasteiger partial charge in [-0.2, -0.15) is 5.10 Å². The topological polar surface area (TPSA) is 55.1 Å². The maximum absolute atomic E-state index is 10.6. The van der Waals surface area contributed by atoms with Crippen LogP contribution in [0.15, 0.2) is 12.4 Å². The molecule has 4 nitrogen and oxygen atoms in total. The van der Waals surface area contributed by atoms with Crippen molar-refractivity contribution in [3.63, 3.8) is 0 Å². The molecule has 1 rings (SSSR count). The van der Waals surface area contributed by atoms with Gasteiger partial charge < -0.3 is 5.11 Å². The lowest BCUT2D eigenvalue weighted by molar-refractivity contribution is -0.141. The SMILES string of the molecule is CC(Cc1cnn(C(C)C)c1)C(=O)O. The van der Waals surface area contributed by atoms with Gasteiger partial charge in [-0.3, -0.25) is 9.48 Å². The van der Waals surface area contributed by atoms with E-state index in [0.29, 0.717) is 12.5 Å². The number of aromatic nitrogens is 2. The largest absolute Gasteiger partial charge is 0.481 e. The van der Waals surface area contributed by atoms with Crippen molar-refractivity contribution in [1.82, 2.24) is 9.78 Å². The predicted octanol–water partition coefficient (Wildman–Crippen LogP) is 1.73. The zero-order valence-corrected chi connectivity index (χ0v) is 8.77. The normalized spacial score (nSPS) is 13.1. The molecule has 1 heterocycles. The third-order valence-corrected chi connectivity index (χ3v) is 2.15. The van der Waals surface area contributed by atoms with E-state index in [1.165, 1.54) is 0 Å². The van der Waals surface area contributed by atoms with Gasteiger partial charge in [0.1, 0.15) is 0 Å². The van der Waals surface area contributed by atoms with E-state index < -0.39 is 5.97 Å². The number of aliphatic carboxylic acids is 1. The number of hydrogen-bond donors (Lipinski definition) is 1. The lowest BCUT2D eigenvalue weighted by Crippen LogP contribution is -2.11. The van der Waals surface area contributed by atoms with Crippen LogP contribution in [0.5, 0.6) is 0 Å². The van der Waals surface area contributed by atoms with Crippen molar-refractivity contribution in [3.05, 3.63) is 18.0 Å². The first-order valence-corrected chi connectivity index (χ1v) is 4.76. The first-order valence-electron chi connectivity index (χ1n) is 4.76. The molecule has 0 fully saturated rings. The Morgan fingerprint density at radius 3 is 2.64 bits per heavy atom. The summed E-state index contributed by atoms with van der Waals surface area (Å²) in [5.41, 5.74) is 0.980. The molecule has 1 aromatic heterocycles. The summed E-state index contributed by atoms with van der Waals surface area (Å²) in [5, 5.41) is 12.9. The lowest BCUT2D eigenvalue weighted by Gasteiger charge is -2.04. The Balaban J connectivity index is 2.64. The van der Waals surface area contributed by atoms with E-state index in [-0.39, 0.29) is 5.92 Å². The van der Waals surface area contributed by atoms with Crippen LogP contribution < -0.4 is 0 Å². The molecular formula is C10H16N2O2. The molecule has 0 bridgehead atoms. The van der Waals surface area contributed by atoms with Crippen LogP contribution in [0.1, 0.15) is 32.4 Å². The monoisotopic (exact) mass is 196 g/mol. The quantitative estimate of drug-likeness (QED) is 0.797. The average molecular weight is 196 g/mol. The van der Waals surface area contributed by atoms with E-state index in [9.17, 15) is 4.79 Å². The third kappa shape index (κ3) is 2.58. The van der Waals surface area contributed by atoms with Crippen LogP contribution >= 0.6 is 0 Å². The first-order chi connectivity index (χ1) is 6.50. The summed E-state index contributed by atoms with van der Waals surface area (Å²) in [4.78, 5) is 10.6. The number of hydrogen-bond acceptors (Lipinski definition) is 2. The van der Waals surface area contributed by atoms with Gasteiger partial charge in [0.25, 0.3) is 0 Å². The highest BCUT2D eigenvalue weighted by atomic mass is 16.4. The molecule has 0 spiro atoms. The van der Waals surface area contributed by atoms with Crippen LogP contribution in [0.2, 0.25) is 0 Å². The molecule has 0 aliphatic carbocycles. The standard InChI is InChI=1S/C10H16N2O2/c1-7(2)12-6-9(5-11-12)4-8(3)10(13)14/h5-8H,4H2,1-3H3,(H,13,14). The van der Waals surface area contributed by atoms with Crippen molar-refractivity contribution < 1.29 is 9.90 Å². The van der Waals surface area contributed by atoms with Gasteiger partial charge in [0.05, 0.1) is 12.1 Å². The van der Waals surface area contributed by atoms with Crippen LogP contribution in [-0.4, -0.2) is 20.9 Å². The van der Waals surface area contributed by atoms with E-state index in [0.717, 1.165) is 5.56 Å². The fourth-order valence-electron chi connectivity index (χ4n) is 1.21. The zero-order valence-electron chi connectivity index (χ0n) is 8.77. The Morgan fingerprint density at radius 2 is 2.21 bits per heavy atom. The van der Waals surface area contributed by atoms with Crippen LogP contribution in [0.25, 0.3) is 0 Å². The highest BCUT2D eigenvalue weighted by Gasteiger charge is 2.12. The lowest BCUT2D eigenvalue weighted by atomic mass is 10.0. The smallest absolute Gasteiger partial charge is 0.306 e. The maximum atomic E-state index is 10.6. The molecule has 0 aromatic carbocycles. The van der Waals surface area contributed by atoms with Crippen LogP contribution in [0.3, 0.4) is 0 Å². The molecule has 1 aromatic rings. The second-order valence-corrected chi connectivity index (χ2v) is 3.87. The number of nitrogens with zero attached hydrogens (tertiary/aromatic N) is 2. The summed E-state index contributed by atoms with van der Waals surface area (Å²) in [6.07, 6.45) is 4.19. The van der Waals surface area contributed by atoms with Gasteiger partial charge in [0, 0.05) is 12.2 Å². The predicted molar refractivity (Wildman–Crippen MR) is 53.1 cm³/mol. The minimum absolute atomic E-state index is 0.323. The Kier molecular flexibility index (Phi) is 3.28. The molecular weight excluding hydrogens is 180 g/mol. The Labute approximate surface area is 83.5 Å². The molecule has 0 amide bonds. The summed E-state index contributed by atoms with van der Waals surface area (Å²) < 4.78 is 1.84. The van der Waals surface area contributed by atoms with E-state index in [4.69, 9.17) is 5.11 Å². The van der Waals surface area contributed by atoms with Gasteiger partial charge in [-0.1, -0.05) is 6.92 Å². The second-order valence-electron chi connectivity index (χ2n) is 3.87. The summed E-state index contributed by atoms with van der Waals surface area (Å²) >= 11 is 0. The molecule has 0 saturated heterocycles. The highest BCUT2D eigenvalue weighted by molar-refractivity contribution is 5.69. The maximum Gasteiger partial charge on any atom is 0.306 e. The third-order valence-electron chi connectivity index (χ3n) is 2.15. The van der Waals surface area contributed by atoms with E-state index in [2.05, 4.69) is 5.10 Å². The fraction of sp³-hybridized carbons (Fsp3) is 0.600. The van der Waals surface area contributed by atoms with Gasteiger partial charge in [0.2, 0.25) is 0 Å². The first kappa shape index (κ1) is 10.8. The van der Waals surface area contributed by atoms with Crippen LogP contribution in [0.4, 0.5) is 0 Å². The number of rotatable bonds is 4. The molecule has 78 valence electrons. The molecule has 4 heteroatoms. The molecule has 1 atom stereocenters. The Hall–Kier alpha value is -1.32. The van der Waals surface area contributed by atoms with Gasteiger partial charge in [0.15, 0.2) is 0 Å². The van der Waals surface area contributed by atoms with E-state index in [1.807, 2.05) is 24.7 Å². The zero-order chi connectivity index (χ0) is 10.7. The van der Waals surface area contributed by atoms with Crippen LogP contribution in [-0.2, 0) is 11.2 Å². The number of carboxylic acid groups (broad SMARTS) is 1. The summed E-state index contributed by atoms with van der Waals surface area (Å²) in [5.74, 6) is -1.11. The van der Waals surface area contributed by atoms with Crippen molar-refractivity contribution in [2.75, 3.05) is 0 Å². The molecule has 0 radical (unpaired) electrons.